The highest BCUT2D eigenvalue weighted by Gasteiger charge is 2.36. The maximum Gasteiger partial charge on any atom is 0.242 e. The molecular formula is C14H18N2O6S2. The molecule has 2 heterocycles. The third-order valence-corrected chi connectivity index (χ3v) is 7.12. The highest BCUT2D eigenvalue weighted by molar-refractivity contribution is 7.94. The maximum absolute atomic E-state index is 12.2. The Bertz CT molecular complexity index is 827. The molecule has 1 aromatic carbocycles. The quantitative estimate of drug-likeness (QED) is 0.789. The molecule has 0 aliphatic carbocycles. The second kappa shape index (κ2) is 6.43. The summed E-state index contributed by atoms with van der Waals surface area (Å²) in [4.78, 5) is 11.7. The molecule has 0 aromatic heterocycles. The Balaban J connectivity index is 1.75. The van der Waals surface area contributed by atoms with Crippen molar-refractivity contribution in [1.82, 2.24) is 4.72 Å². The summed E-state index contributed by atoms with van der Waals surface area (Å²) in [6.07, 6.45) is 1.55. The van der Waals surface area contributed by atoms with Crippen molar-refractivity contribution in [2.45, 2.75) is 30.3 Å². The van der Waals surface area contributed by atoms with Gasteiger partial charge in [-0.3, -0.25) is 4.79 Å². The minimum absolute atomic E-state index is 0.00768. The summed E-state index contributed by atoms with van der Waals surface area (Å²) in [6.45, 7) is 0.836. The number of hydrogen-bond acceptors (Lipinski definition) is 6. The molecule has 1 amide bonds. The van der Waals surface area contributed by atoms with E-state index in [2.05, 4.69) is 4.72 Å². The van der Waals surface area contributed by atoms with E-state index in [4.69, 9.17) is 4.74 Å². The predicted octanol–water partition coefficient (Wildman–Crippen LogP) is 0.210. The van der Waals surface area contributed by atoms with Crippen LogP contribution in [0.2, 0.25) is 0 Å². The Morgan fingerprint density at radius 1 is 1.25 bits per heavy atom. The SMILES string of the molecule is O=C1CCS(=O)(=O)N1c1ccc(S(=O)(=O)NC[C@H]2CCCO2)cc1. The zero-order chi connectivity index (χ0) is 17.4. The monoisotopic (exact) mass is 374 g/mol. The molecule has 1 aromatic rings. The molecular weight excluding hydrogens is 356 g/mol. The molecule has 2 fully saturated rings. The van der Waals surface area contributed by atoms with E-state index in [0.29, 0.717) is 6.61 Å². The Morgan fingerprint density at radius 2 is 1.96 bits per heavy atom. The summed E-state index contributed by atoms with van der Waals surface area (Å²) in [6, 6.07) is 5.21. The first-order valence-electron chi connectivity index (χ1n) is 7.57. The fourth-order valence-electron chi connectivity index (χ4n) is 2.72. The van der Waals surface area contributed by atoms with E-state index in [1.165, 1.54) is 24.3 Å². The number of benzene rings is 1. The van der Waals surface area contributed by atoms with Gasteiger partial charge in [0.25, 0.3) is 0 Å². The van der Waals surface area contributed by atoms with Gasteiger partial charge in [0.2, 0.25) is 26.0 Å². The second-order valence-electron chi connectivity index (χ2n) is 5.70. The van der Waals surface area contributed by atoms with Crippen LogP contribution >= 0.6 is 0 Å². The number of nitrogens with one attached hydrogen (secondary N) is 1. The van der Waals surface area contributed by atoms with Crippen molar-refractivity contribution < 1.29 is 26.4 Å². The summed E-state index contributed by atoms with van der Waals surface area (Å²) in [5.41, 5.74) is 0.149. The van der Waals surface area contributed by atoms with Gasteiger partial charge in [0, 0.05) is 19.6 Å². The third-order valence-electron chi connectivity index (χ3n) is 3.99. The summed E-state index contributed by atoms with van der Waals surface area (Å²) in [5.74, 6) is -0.739. The number of anilines is 1. The molecule has 8 nitrogen and oxygen atoms in total. The molecule has 132 valence electrons. The molecule has 0 spiro atoms. The first-order chi connectivity index (χ1) is 11.3. The van der Waals surface area contributed by atoms with Crippen LogP contribution in [0, 0.1) is 0 Å². The van der Waals surface area contributed by atoms with Crippen LogP contribution in [0.15, 0.2) is 29.2 Å². The van der Waals surface area contributed by atoms with Gasteiger partial charge in [-0.15, -0.1) is 0 Å². The highest BCUT2D eigenvalue weighted by Crippen LogP contribution is 2.26. The van der Waals surface area contributed by atoms with E-state index >= 15 is 0 Å². The van der Waals surface area contributed by atoms with Crippen molar-refractivity contribution in [2.75, 3.05) is 23.2 Å². The zero-order valence-electron chi connectivity index (χ0n) is 12.8. The van der Waals surface area contributed by atoms with Crippen molar-refractivity contribution in [3.05, 3.63) is 24.3 Å². The predicted molar refractivity (Wildman–Crippen MR) is 86.5 cm³/mol. The summed E-state index contributed by atoms with van der Waals surface area (Å²) < 4.78 is 56.8. The average molecular weight is 374 g/mol. The minimum Gasteiger partial charge on any atom is -0.377 e. The molecule has 0 unspecified atom stereocenters. The maximum atomic E-state index is 12.2. The van der Waals surface area contributed by atoms with Crippen LogP contribution in [0.5, 0.6) is 0 Å². The molecule has 2 saturated heterocycles. The first-order valence-corrected chi connectivity index (χ1v) is 10.7. The fourth-order valence-corrected chi connectivity index (χ4v) is 5.25. The van der Waals surface area contributed by atoms with Gasteiger partial charge in [0.05, 0.1) is 22.4 Å². The Hall–Kier alpha value is -1.49. The Labute approximate surface area is 140 Å². The molecule has 1 atom stereocenters. The van der Waals surface area contributed by atoms with Gasteiger partial charge in [-0.1, -0.05) is 0 Å². The van der Waals surface area contributed by atoms with E-state index < -0.39 is 26.0 Å². The van der Waals surface area contributed by atoms with Crippen molar-refractivity contribution in [3.8, 4) is 0 Å². The summed E-state index contributed by atoms with van der Waals surface area (Å²) in [5, 5.41) is 0. The van der Waals surface area contributed by atoms with Gasteiger partial charge in [0.1, 0.15) is 0 Å². The molecule has 0 saturated carbocycles. The molecule has 1 N–H and O–H groups in total. The lowest BCUT2D eigenvalue weighted by molar-refractivity contribution is -0.116. The number of hydrogen-bond donors (Lipinski definition) is 1. The normalized spacial score (nSPS) is 23.8. The van der Waals surface area contributed by atoms with Gasteiger partial charge < -0.3 is 4.74 Å². The van der Waals surface area contributed by atoms with Crippen LogP contribution in [0.3, 0.4) is 0 Å². The van der Waals surface area contributed by atoms with E-state index in [0.717, 1.165) is 17.1 Å². The molecule has 0 radical (unpaired) electrons. The molecule has 0 bridgehead atoms. The molecule has 3 rings (SSSR count). The number of carbonyl (C=O) groups excluding carboxylic acids is 1. The second-order valence-corrected chi connectivity index (χ2v) is 9.41. The lowest BCUT2D eigenvalue weighted by atomic mass is 10.2. The lowest BCUT2D eigenvalue weighted by Crippen LogP contribution is -2.32. The number of amides is 1. The zero-order valence-corrected chi connectivity index (χ0v) is 14.5. The number of rotatable bonds is 5. The Kier molecular flexibility index (Phi) is 4.65. The van der Waals surface area contributed by atoms with Gasteiger partial charge in [-0.2, -0.15) is 0 Å². The summed E-state index contributed by atoms with van der Waals surface area (Å²) >= 11 is 0. The smallest absolute Gasteiger partial charge is 0.242 e. The number of ether oxygens (including phenoxy) is 1. The van der Waals surface area contributed by atoms with Gasteiger partial charge >= 0.3 is 0 Å². The molecule has 2 aliphatic heterocycles. The van der Waals surface area contributed by atoms with Crippen LogP contribution < -0.4 is 9.03 Å². The number of sulfonamides is 2. The minimum atomic E-state index is -3.71. The molecule has 24 heavy (non-hydrogen) atoms. The van der Waals surface area contributed by atoms with Crippen LogP contribution in [0.25, 0.3) is 0 Å². The summed E-state index contributed by atoms with van der Waals surface area (Å²) in [7, 11) is -7.37. The fraction of sp³-hybridized carbons (Fsp3) is 0.500. The molecule has 2 aliphatic rings. The van der Waals surface area contributed by atoms with Crippen molar-refractivity contribution in [3.63, 3.8) is 0 Å². The standard InChI is InChI=1S/C14H18N2O6S2/c17-14-7-9-23(18,19)16(14)11-3-5-13(6-4-11)24(20,21)15-10-12-2-1-8-22-12/h3-6,12,15H,1-2,7-10H2/t12-/m1/s1. The van der Waals surface area contributed by atoms with Gasteiger partial charge in [-0.25, -0.2) is 25.9 Å². The lowest BCUT2D eigenvalue weighted by Gasteiger charge is -2.16. The van der Waals surface area contributed by atoms with E-state index in [-0.39, 0.29) is 35.4 Å². The third kappa shape index (κ3) is 3.46. The van der Waals surface area contributed by atoms with Crippen molar-refractivity contribution >= 4 is 31.6 Å². The average Bonchev–Trinajstić information content (AvgIpc) is 3.14. The van der Waals surface area contributed by atoms with Gasteiger partial charge in [-0.05, 0) is 37.1 Å². The van der Waals surface area contributed by atoms with Crippen LogP contribution in [0.4, 0.5) is 5.69 Å². The van der Waals surface area contributed by atoms with Gasteiger partial charge in [0.15, 0.2) is 0 Å². The molecule has 10 heteroatoms. The van der Waals surface area contributed by atoms with Crippen LogP contribution in [-0.2, 0) is 29.6 Å². The van der Waals surface area contributed by atoms with E-state index in [1.807, 2.05) is 0 Å². The topological polar surface area (TPSA) is 110 Å². The van der Waals surface area contributed by atoms with E-state index in [1.54, 1.807) is 0 Å². The number of nitrogens with zero attached hydrogens (tertiary/aromatic N) is 1. The van der Waals surface area contributed by atoms with Crippen LogP contribution in [0.1, 0.15) is 19.3 Å². The highest BCUT2D eigenvalue weighted by atomic mass is 32.2. The van der Waals surface area contributed by atoms with E-state index in [9.17, 15) is 21.6 Å². The first kappa shape index (κ1) is 17.3. The largest absolute Gasteiger partial charge is 0.377 e. The van der Waals surface area contributed by atoms with Crippen molar-refractivity contribution in [1.29, 1.82) is 0 Å². The Morgan fingerprint density at radius 3 is 2.50 bits per heavy atom. The van der Waals surface area contributed by atoms with Crippen LogP contribution in [-0.4, -0.2) is 47.8 Å². The number of carbonyl (C=O) groups is 1. The van der Waals surface area contributed by atoms with Crippen molar-refractivity contribution in [2.24, 2.45) is 0 Å².